The zero-order chi connectivity index (χ0) is 15.4. The first kappa shape index (κ1) is 14.5. The van der Waals surface area contributed by atoms with Gasteiger partial charge in [-0.15, -0.1) is 10.2 Å². The molecule has 22 heavy (non-hydrogen) atoms. The number of ketones is 1. The monoisotopic (exact) mass is 314 g/mol. The van der Waals surface area contributed by atoms with E-state index >= 15 is 0 Å². The summed E-state index contributed by atoms with van der Waals surface area (Å²) in [6.45, 7) is 0. The van der Waals surface area contributed by atoms with Crippen molar-refractivity contribution in [1.82, 2.24) is 10.2 Å². The minimum Gasteiger partial charge on any atom is -0.411 e. The van der Waals surface area contributed by atoms with Crippen LogP contribution in [0.25, 0.3) is 11.5 Å². The molecule has 0 aliphatic carbocycles. The SMILES string of the molecule is O=C(CSc1nnc(-c2ccccc2F)o1)c1ccccc1. The van der Waals surface area contributed by atoms with Crippen molar-refractivity contribution in [2.45, 2.75) is 5.22 Å². The molecule has 3 aromatic rings. The Morgan fingerprint density at radius 3 is 2.55 bits per heavy atom. The molecule has 0 fully saturated rings. The largest absolute Gasteiger partial charge is 0.411 e. The summed E-state index contributed by atoms with van der Waals surface area (Å²) in [7, 11) is 0. The first-order chi connectivity index (χ1) is 10.7. The summed E-state index contributed by atoms with van der Waals surface area (Å²) < 4.78 is 19.0. The lowest BCUT2D eigenvalue weighted by atomic mass is 10.2. The summed E-state index contributed by atoms with van der Waals surface area (Å²) in [6, 6.07) is 15.1. The highest BCUT2D eigenvalue weighted by molar-refractivity contribution is 7.99. The van der Waals surface area contributed by atoms with E-state index in [4.69, 9.17) is 4.42 Å². The number of nitrogens with zero attached hydrogens (tertiary/aromatic N) is 2. The van der Waals surface area contributed by atoms with Crippen LogP contribution in [-0.4, -0.2) is 21.7 Å². The zero-order valence-corrected chi connectivity index (χ0v) is 12.2. The lowest BCUT2D eigenvalue weighted by molar-refractivity contribution is 0.102. The predicted octanol–water partition coefficient (Wildman–Crippen LogP) is 3.85. The highest BCUT2D eigenvalue weighted by Gasteiger charge is 2.14. The molecule has 1 heterocycles. The number of rotatable bonds is 5. The third-order valence-electron chi connectivity index (χ3n) is 2.93. The zero-order valence-electron chi connectivity index (χ0n) is 11.4. The van der Waals surface area contributed by atoms with Gasteiger partial charge in [0.15, 0.2) is 5.78 Å². The molecular weight excluding hydrogens is 303 g/mol. The van der Waals surface area contributed by atoms with Crippen molar-refractivity contribution in [2.75, 3.05) is 5.75 Å². The minimum absolute atomic E-state index is 0.0313. The molecule has 1 aromatic heterocycles. The van der Waals surface area contributed by atoms with Crippen molar-refractivity contribution in [3.05, 3.63) is 66.0 Å². The van der Waals surface area contributed by atoms with E-state index in [0.29, 0.717) is 5.56 Å². The lowest BCUT2D eigenvalue weighted by Gasteiger charge is -1.98. The molecule has 0 atom stereocenters. The molecule has 3 rings (SSSR count). The molecule has 0 bridgehead atoms. The topological polar surface area (TPSA) is 56.0 Å². The van der Waals surface area contributed by atoms with E-state index in [1.54, 1.807) is 42.5 Å². The minimum atomic E-state index is -0.428. The fourth-order valence-electron chi connectivity index (χ4n) is 1.85. The van der Waals surface area contributed by atoms with Gasteiger partial charge in [-0.05, 0) is 12.1 Å². The van der Waals surface area contributed by atoms with E-state index in [9.17, 15) is 9.18 Å². The predicted molar refractivity (Wildman–Crippen MR) is 81.2 cm³/mol. The van der Waals surface area contributed by atoms with Crippen LogP contribution in [0.2, 0.25) is 0 Å². The van der Waals surface area contributed by atoms with Crippen molar-refractivity contribution in [3.63, 3.8) is 0 Å². The maximum atomic E-state index is 13.6. The lowest BCUT2D eigenvalue weighted by Crippen LogP contribution is -2.01. The number of carbonyl (C=O) groups is 1. The number of thioether (sulfide) groups is 1. The Kier molecular flexibility index (Phi) is 4.29. The molecular formula is C16H11FN2O2S. The van der Waals surface area contributed by atoms with Crippen LogP contribution in [0.1, 0.15) is 10.4 Å². The molecule has 0 saturated carbocycles. The van der Waals surface area contributed by atoms with Crippen molar-refractivity contribution in [1.29, 1.82) is 0 Å². The fourth-order valence-corrected chi connectivity index (χ4v) is 2.50. The number of hydrogen-bond acceptors (Lipinski definition) is 5. The molecule has 0 aliphatic rings. The summed E-state index contributed by atoms with van der Waals surface area (Å²) in [5.41, 5.74) is 0.875. The second-order valence-electron chi connectivity index (χ2n) is 4.43. The summed E-state index contributed by atoms with van der Waals surface area (Å²) in [6.07, 6.45) is 0. The maximum absolute atomic E-state index is 13.6. The molecule has 0 unspecified atom stereocenters. The van der Waals surface area contributed by atoms with Crippen LogP contribution in [0.15, 0.2) is 64.2 Å². The highest BCUT2D eigenvalue weighted by atomic mass is 32.2. The first-order valence-corrected chi connectivity index (χ1v) is 7.52. The average Bonchev–Trinajstić information content (AvgIpc) is 3.02. The van der Waals surface area contributed by atoms with Gasteiger partial charge in [0, 0.05) is 5.56 Å². The average molecular weight is 314 g/mol. The molecule has 0 saturated heterocycles. The molecule has 4 nitrogen and oxygen atoms in total. The Balaban J connectivity index is 1.68. The second-order valence-corrected chi connectivity index (χ2v) is 5.36. The van der Waals surface area contributed by atoms with E-state index in [0.717, 1.165) is 11.8 Å². The van der Waals surface area contributed by atoms with Crippen molar-refractivity contribution in [3.8, 4) is 11.5 Å². The standard InChI is InChI=1S/C16H11FN2O2S/c17-13-9-5-4-8-12(13)15-18-19-16(21-15)22-10-14(20)11-6-2-1-3-7-11/h1-9H,10H2. The molecule has 0 radical (unpaired) electrons. The van der Waals surface area contributed by atoms with Gasteiger partial charge in [-0.1, -0.05) is 54.2 Å². The molecule has 0 amide bonds. The number of Topliss-reactive ketones (excluding diaryl/α,β-unsaturated/α-hetero) is 1. The van der Waals surface area contributed by atoms with Gasteiger partial charge in [0.05, 0.1) is 11.3 Å². The third-order valence-corrected chi connectivity index (χ3v) is 3.75. The summed E-state index contributed by atoms with van der Waals surface area (Å²) in [5.74, 6) is -0.171. The fraction of sp³-hybridized carbons (Fsp3) is 0.0625. The second kappa shape index (κ2) is 6.53. The van der Waals surface area contributed by atoms with Gasteiger partial charge in [0.25, 0.3) is 11.1 Å². The Morgan fingerprint density at radius 1 is 1.05 bits per heavy atom. The van der Waals surface area contributed by atoms with Crippen LogP contribution in [0, 0.1) is 5.82 Å². The van der Waals surface area contributed by atoms with Crippen LogP contribution in [0.5, 0.6) is 0 Å². The highest BCUT2D eigenvalue weighted by Crippen LogP contribution is 2.25. The number of benzene rings is 2. The van der Waals surface area contributed by atoms with E-state index in [-0.39, 0.29) is 28.2 Å². The summed E-state index contributed by atoms with van der Waals surface area (Å²) in [5, 5.41) is 7.87. The molecule has 0 aliphatic heterocycles. The molecule has 110 valence electrons. The molecule has 6 heteroatoms. The normalized spacial score (nSPS) is 10.6. The summed E-state index contributed by atoms with van der Waals surface area (Å²) in [4.78, 5) is 12.0. The summed E-state index contributed by atoms with van der Waals surface area (Å²) >= 11 is 1.13. The van der Waals surface area contributed by atoms with Crippen LogP contribution in [0.4, 0.5) is 4.39 Å². The first-order valence-electron chi connectivity index (χ1n) is 6.53. The Labute approximate surface area is 130 Å². The molecule has 0 N–H and O–H groups in total. The van der Waals surface area contributed by atoms with Gasteiger partial charge in [-0.2, -0.15) is 0 Å². The van der Waals surface area contributed by atoms with Crippen LogP contribution >= 0.6 is 11.8 Å². The van der Waals surface area contributed by atoms with E-state index in [2.05, 4.69) is 10.2 Å². The van der Waals surface area contributed by atoms with Gasteiger partial charge >= 0.3 is 0 Å². The van der Waals surface area contributed by atoms with Gasteiger partial charge in [-0.25, -0.2) is 4.39 Å². The van der Waals surface area contributed by atoms with Gasteiger partial charge in [-0.3, -0.25) is 4.79 Å². The smallest absolute Gasteiger partial charge is 0.277 e. The Morgan fingerprint density at radius 2 is 1.77 bits per heavy atom. The van der Waals surface area contributed by atoms with Crippen LogP contribution in [0.3, 0.4) is 0 Å². The molecule has 0 spiro atoms. The van der Waals surface area contributed by atoms with Crippen molar-refractivity contribution in [2.24, 2.45) is 0 Å². The van der Waals surface area contributed by atoms with Gasteiger partial charge in [0.1, 0.15) is 5.82 Å². The Bertz CT molecular complexity index is 790. The Hall–Kier alpha value is -2.47. The number of hydrogen-bond donors (Lipinski definition) is 0. The number of carbonyl (C=O) groups excluding carboxylic acids is 1. The van der Waals surface area contributed by atoms with Gasteiger partial charge in [0.2, 0.25) is 0 Å². The number of halogens is 1. The molecule has 2 aromatic carbocycles. The van der Waals surface area contributed by atoms with Crippen LogP contribution < -0.4 is 0 Å². The van der Waals surface area contributed by atoms with Crippen molar-refractivity contribution >= 4 is 17.5 Å². The third kappa shape index (κ3) is 3.23. The van der Waals surface area contributed by atoms with E-state index < -0.39 is 5.82 Å². The van der Waals surface area contributed by atoms with Crippen LogP contribution in [-0.2, 0) is 0 Å². The van der Waals surface area contributed by atoms with Gasteiger partial charge < -0.3 is 4.42 Å². The van der Waals surface area contributed by atoms with E-state index in [1.165, 1.54) is 6.07 Å². The quantitative estimate of drug-likeness (QED) is 0.529. The maximum Gasteiger partial charge on any atom is 0.277 e. The number of aromatic nitrogens is 2. The van der Waals surface area contributed by atoms with Crippen molar-refractivity contribution < 1.29 is 13.6 Å². The van der Waals surface area contributed by atoms with E-state index in [1.807, 2.05) is 6.07 Å².